The van der Waals surface area contributed by atoms with E-state index in [0.717, 1.165) is 6.07 Å². The van der Waals surface area contributed by atoms with E-state index in [4.69, 9.17) is 5.11 Å². The molecule has 0 bridgehead atoms. The summed E-state index contributed by atoms with van der Waals surface area (Å²) in [4.78, 5) is 10.9. The van der Waals surface area contributed by atoms with Crippen LogP contribution in [0.1, 0.15) is 29.8 Å². The van der Waals surface area contributed by atoms with Gasteiger partial charge < -0.3 is 10.2 Å². The largest absolute Gasteiger partial charge is 0.478 e. The van der Waals surface area contributed by atoms with Gasteiger partial charge in [0.15, 0.2) is 0 Å². The number of thioether (sulfide) groups is 1. The number of aliphatic hydroxyl groups is 1. The van der Waals surface area contributed by atoms with Crippen molar-refractivity contribution in [2.24, 2.45) is 0 Å². The Labute approximate surface area is 104 Å². The number of hydrogen-bond acceptors (Lipinski definition) is 3. The number of benzene rings is 1. The first-order valence-corrected chi connectivity index (χ1v) is 6.28. The SMILES string of the molecule is CC(O)C(C)SCc1cc(F)ccc1C(=O)O. The highest BCUT2D eigenvalue weighted by molar-refractivity contribution is 7.99. The van der Waals surface area contributed by atoms with E-state index < -0.39 is 17.9 Å². The smallest absolute Gasteiger partial charge is 0.335 e. The third-order valence-electron chi connectivity index (χ3n) is 2.48. The number of aromatic carboxylic acids is 1. The molecule has 5 heteroatoms. The van der Waals surface area contributed by atoms with Crippen LogP contribution in [0.15, 0.2) is 18.2 Å². The summed E-state index contributed by atoms with van der Waals surface area (Å²) < 4.78 is 13.0. The third-order valence-corrected chi connectivity index (χ3v) is 3.88. The zero-order valence-corrected chi connectivity index (χ0v) is 10.5. The Balaban J connectivity index is 2.82. The second-order valence-corrected chi connectivity index (χ2v) is 5.23. The highest BCUT2D eigenvalue weighted by Crippen LogP contribution is 2.23. The second kappa shape index (κ2) is 6.02. The molecule has 2 atom stereocenters. The molecule has 0 radical (unpaired) electrons. The zero-order valence-electron chi connectivity index (χ0n) is 9.68. The molecular weight excluding hydrogens is 243 g/mol. The number of carboxylic acids is 1. The van der Waals surface area contributed by atoms with Crippen molar-refractivity contribution in [3.8, 4) is 0 Å². The molecule has 17 heavy (non-hydrogen) atoms. The van der Waals surface area contributed by atoms with Gasteiger partial charge in [-0.05, 0) is 30.7 Å². The van der Waals surface area contributed by atoms with Crippen LogP contribution < -0.4 is 0 Å². The van der Waals surface area contributed by atoms with E-state index in [1.54, 1.807) is 6.92 Å². The molecule has 0 aliphatic carbocycles. The molecule has 2 N–H and O–H groups in total. The summed E-state index contributed by atoms with van der Waals surface area (Å²) in [6, 6.07) is 3.63. The number of carbonyl (C=O) groups is 1. The quantitative estimate of drug-likeness (QED) is 0.852. The zero-order chi connectivity index (χ0) is 13.0. The number of halogens is 1. The van der Waals surface area contributed by atoms with Crippen LogP contribution >= 0.6 is 11.8 Å². The van der Waals surface area contributed by atoms with Crippen molar-refractivity contribution < 1.29 is 19.4 Å². The fourth-order valence-electron chi connectivity index (χ4n) is 1.25. The van der Waals surface area contributed by atoms with Crippen molar-refractivity contribution in [1.29, 1.82) is 0 Å². The average Bonchev–Trinajstić information content (AvgIpc) is 2.25. The lowest BCUT2D eigenvalue weighted by Gasteiger charge is -2.14. The molecule has 0 aromatic heterocycles. The van der Waals surface area contributed by atoms with Crippen LogP contribution in [-0.4, -0.2) is 27.5 Å². The second-order valence-electron chi connectivity index (χ2n) is 3.86. The highest BCUT2D eigenvalue weighted by atomic mass is 32.2. The van der Waals surface area contributed by atoms with Crippen molar-refractivity contribution in [3.63, 3.8) is 0 Å². The van der Waals surface area contributed by atoms with Crippen LogP contribution in [0.3, 0.4) is 0 Å². The molecule has 0 amide bonds. The van der Waals surface area contributed by atoms with E-state index in [1.165, 1.54) is 23.9 Å². The summed E-state index contributed by atoms with van der Waals surface area (Å²) >= 11 is 1.40. The van der Waals surface area contributed by atoms with Gasteiger partial charge in [0.05, 0.1) is 11.7 Å². The van der Waals surface area contributed by atoms with Crippen LogP contribution in [0.25, 0.3) is 0 Å². The van der Waals surface area contributed by atoms with Gasteiger partial charge in [0.1, 0.15) is 5.82 Å². The molecule has 0 aliphatic heterocycles. The van der Waals surface area contributed by atoms with E-state index in [-0.39, 0.29) is 10.8 Å². The van der Waals surface area contributed by atoms with Crippen molar-refractivity contribution in [2.45, 2.75) is 31.0 Å². The molecule has 0 saturated heterocycles. The summed E-state index contributed by atoms with van der Waals surface area (Å²) in [5, 5.41) is 18.2. The van der Waals surface area contributed by atoms with E-state index in [9.17, 15) is 14.3 Å². The molecule has 94 valence electrons. The fourth-order valence-corrected chi connectivity index (χ4v) is 2.21. The van der Waals surface area contributed by atoms with Gasteiger partial charge in [0.25, 0.3) is 0 Å². The minimum absolute atomic E-state index is 0.0279. The molecule has 1 rings (SSSR count). The molecule has 0 spiro atoms. The fraction of sp³-hybridized carbons (Fsp3) is 0.417. The van der Waals surface area contributed by atoms with Gasteiger partial charge in [-0.25, -0.2) is 9.18 Å². The van der Waals surface area contributed by atoms with Crippen LogP contribution in [-0.2, 0) is 5.75 Å². The molecule has 1 aromatic carbocycles. The van der Waals surface area contributed by atoms with E-state index in [1.807, 2.05) is 6.92 Å². The van der Waals surface area contributed by atoms with Crippen LogP contribution in [0.2, 0.25) is 0 Å². The van der Waals surface area contributed by atoms with Gasteiger partial charge in [-0.15, -0.1) is 0 Å². The Kier molecular flexibility index (Phi) is 4.96. The van der Waals surface area contributed by atoms with Crippen molar-refractivity contribution in [1.82, 2.24) is 0 Å². The Morgan fingerprint density at radius 1 is 1.47 bits per heavy atom. The Morgan fingerprint density at radius 2 is 2.12 bits per heavy atom. The Bertz CT molecular complexity index is 407. The minimum atomic E-state index is -1.06. The Morgan fingerprint density at radius 3 is 2.65 bits per heavy atom. The topological polar surface area (TPSA) is 57.5 Å². The van der Waals surface area contributed by atoms with Gasteiger partial charge in [-0.3, -0.25) is 0 Å². The number of rotatable bonds is 5. The van der Waals surface area contributed by atoms with Gasteiger partial charge in [-0.2, -0.15) is 11.8 Å². The number of hydrogen-bond donors (Lipinski definition) is 2. The molecule has 0 saturated carbocycles. The van der Waals surface area contributed by atoms with Crippen LogP contribution in [0.5, 0.6) is 0 Å². The maximum Gasteiger partial charge on any atom is 0.335 e. The van der Waals surface area contributed by atoms with E-state index in [0.29, 0.717) is 11.3 Å². The standard InChI is InChI=1S/C12H15FO3S/c1-7(14)8(2)17-6-9-5-10(13)3-4-11(9)12(15)16/h3-5,7-8,14H,6H2,1-2H3,(H,15,16). The molecule has 0 heterocycles. The first kappa shape index (κ1) is 14.0. The number of carboxylic acid groups (broad SMARTS) is 1. The molecule has 0 fully saturated rings. The number of aliphatic hydroxyl groups excluding tert-OH is 1. The summed E-state index contributed by atoms with van der Waals surface area (Å²) in [7, 11) is 0. The summed E-state index contributed by atoms with van der Waals surface area (Å²) in [5.74, 6) is -1.15. The Hall–Kier alpha value is -1.07. The molecule has 0 aliphatic rings. The normalized spacial score (nSPS) is 14.4. The first-order chi connectivity index (χ1) is 7.91. The van der Waals surface area contributed by atoms with Gasteiger partial charge in [0.2, 0.25) is 0 Å². The molecule has 3 nitrogen and oxygen atoms in total. The van der Waals surface area contributed by atoms with E-state index in [2.05, 4.69) is 0 Å². The summed E-state index contributed by atoms with van der Waals surface area (Å²) in [6.45, 7) is 3.51. The molecule has 1 aromatic rings. The van der Waals surface area contributed by atoms with E-state index >= 15 is 0 Å². The van der Waals surface area contributed by atoms with Crippen molar-refractivity contribution in [2.75, 3.05) is 0 Å². The average molecular weight is 258 g/mol. The maximum absolute atomic E-state index is 13.0. The first-order valence-electron chi connectivity index (χ1n) is 5.23. The predicted octanol–water partition coefficient (Wildman–Crippen LogP) is 2.53. The third kappa shape index (κ3) is 4.02. The maximum atomic E-state index is 13.0. The van der Waals surface area contributed by atoms with Gasteiger partial charge in [-0.1, -0.05) is 6.92 Å². The monoisotopic (exact) mass is 258 g/mol. The highest BCUT2D eigenvalue weighted by Gasteiger charge is 2.14. The minimum Gasteiger partial charge on any atom is -0.478 e. The lowest BCUT2D eigenvalue weighted by molar-refractivity contribution is 0.0696. The van der Waals surface area contributed by atoms with Gasteiger partial charge >= 0.3 is 5.97 Å². The summed E-state index contributed by atoms with van der Waals surface area (Å²) in [5.41, 5.74) is 0.548. The van der Waals surface area contributed by atoms with Crippen molar-refractivity contribution in [3.05, 3.63) is 35.1 Å². The lowest BCUT2D eigenvalue weighted by Crippen LogP contribution is -2.15. The van der Waals surface area contributed by atoms with Crippen LogP contribution in [0.4, 0.5) is 4.39 Å². The van der Waals surface area contributed by atoms with Crippen molar-refractivity contribution >= 4 is 17.7 Å². The summed E-state index contributed by atoms with van der Waals surface area (Å²) in [6.07, 6.45) is -0.484. The lowest BCUT2D eigenvalue weighted by atomic mass is 10.1. The molecular formula is C12H15FO3S. The van der Waals surface area contributed by atoms with Gasteiger partial charge in [0, 0.05) is 11.0 Å². The predicted molar refractivity (Wildman–Crippen MR) is 65.8 cm³/mol. The van der Waals surface area contributed by atoms with Crippen LogP contribution in [0, 0.1) is 5.82 Å². The molecule has 2 unspecified atom stereocenters.